The number of benzene rings is 2. The van der Waals surface area contributed by atoms with Crippen molar-refractivity contribution in [3.63, 3.8) is 0 Å². The summed E-state index contributed by atoms with van der Waals surface area (Å²) in [5.74, 6) is 0.939. The molecule has 1 N–H and O–H groups in total. The highest BCUT2D eigenvalue weighted by Crippen LogP contribution is 2.41. The van der Waals surface area contributed by atoms with Gasteiger partial charge in [-0.2, -0.15) is 5.10 Å². The van der Waals surface area contributed by atoms with Crippen molar-refractivity contribution in [2.24, 2.45) is 0 Å². The Morgan fingerprint density at radius 3 is 2.52 bits per heavy atom. The minimum absolute atomic E-state index is 0.0182. The first-order valence-electron chi connectivity index (χ1n) is 17.6. The Morgan fingerprint density at radius 2 is 1.87 bits per heavy atom. The van der Waals surface area contributed by atoms with Crippen LogP contribution < -0.4 is 19.7 Å². The van der Waals surface area contributed by atoms with Crippen molar-refractivity contribution in [2.45, 2.75) is 85.5 Å². The zero-order chi connectivity index (χ0) is 37.7. The molecular weight excluding hydrogens is 686 g/mol. The summed E-state index contributed by atoms with van der Waals surface area (Å²) in [7, 11) is 1.58. The topological polar surface area (TPSA) is 124 Å². The molecule has 0 fully saturated rings. The van der Waals surface area contributed by atoms with Crippen LogP contribution in [0.15, 0.2) is 48.1 Å². The van der Waals surface area contributed by atoms with E-state index in [9.17, 15) is 14.4 Å². The van der Waals surface area contributed by atoms with Gasteiger partial charge >= 0.3 is 12.1 Å². The highest BCUT2D eigenvalue weighted by molar-refractivity contribution is 6.31. The van der Waals surface area contributed by atoms with E-state index < -0.39 is 11.7 Å². The van der Waals surface area contributed by atoms with Crippen molar-refractivity contribution in [2.75, 3.05) is 31.7 Å². The maximum absolute atomic E-state index is 12.7. The minimum atomic E-state index is -0.592. The molecule has 2 aromatic carbocycles. The number of ether oxygens (including phenoxy) is 4. The van der Waals surface area contributed by atoms with E-state index in [-0.39, 0.29) is 18.0 Å². The summed E-state index contributed by atoms with van der Waals surface area (Å²) in [4.78, 5) is 40.0. The number of carbonyl (C=O) groups excluding carboxylic acids is 3. The molecule has 52 heavy (non-hydrogen) atoms. The van der Waals surface area contributed by atoms with Gasteiger partial charge in [-0.3, -0.25) is 14.5 Å². The van der Waals surface area contributed by atoms with Gasteiger partial charge in [0, 0.05) is 60.5 Å². The van der Waals surface area contributed by atoms with Gasteiger partial charge in [0.25, 0.3) is 5.91 Å². The third-order valence-corrected chi connectivity index (χ3v) is 9.05. The van der Waals surface area contributed by atoms with E-state index in [4.69, 9.17) is 30.5 Å². The number of aromatic nitrogens is 2. The summed E-state index contributed by atoms with van der Waals surface area (Å²) in [5.41, 5.74) is 5.88. The molecule has 6 rings (SSSR count). The van der Waals surface area contributed by atoms with Crippen LogP contribution in [0, 0.1) is 6.92 Å². The fraction of sp³-hybridized carbons (Fsp3) is 0.436. The van der Waals surface area contributed by atoms with Gasteiger partial charge in [-0.15, -0.1) is 0 Å². The monoisotopic (exact) mass is 733 g/mol. The van der Waals surface area contributed by atoms with Gasteiger partial charge in [0.2, 0.25) is 0 Å². The number of carbonyl (C=O) groups is 3. The number of rotatable bonds is 9. The van der Waals surface area contributed by atoms with Crippen LogP contribution in [0.4, 0.5) is 10.5 Å². The third kappa shape index (κ3) is 8.39. The summed E-state index contributed by atoms with van der Waals surface area (Å²) < 4.78 is 24.3. The van der Waals surface area contributed by atoms with Gasteiger partial charge in [-0.1, -0.05) is 50.2 Å². The molecule has 0 radical (unpaired) electrons. The van der Waals surface area contributed by atoms with E-state index in [1.165, 1.54) is 0 Å². The number of nitrogens with one attached hydrogen (secondary N) is 1. The lowest BCUT2D eigenvalue weighted by Gasteiger charge is -2.32. The molecule has 278 valence electrons. The van der Waals surface area contributed by atoms with Crippen LogP contribution in [0.2, 0.25) is 0 Å². The zero-order valence-electron chi connectivity index (χ0n) is 31.0. The van der Waals surface area contributed by atoms with E-state index >= 15 is 0 Å². The average molecular weight is 734 g/mol. The van der Waals surface area contributed by atoms with E-state index in [1.807, 2.05) is 78.0 Å². The van der Waals surface area contributed by atoms with E-state index in [0.717, 1.165) is 41.1 Å². The molecule has 0 aliphatic carbocycles. The van der Waals surface area contributed by atoms with Crippen molar-refractivity contribution in [3.8, 4) is 17.2 Å². The number of esters is 1. The average Bonchev–Trinajstić information content (AvgIpc) is 3.56. The van der Waals surface area contributed by atoms with Crippen LogP contribution in [0.5, 0.6) is 11.5 Å². The first kappa shape index (κ1) is 38.3. The number of amides is 2. The Morgan fingerprint density at radius 1 is 1.13 bits per heavy atom. The van der Waals surface area contributed by atoms with Gasteiger partial charge in [-0.25, -0.2) is 9.48 Å². The molecule has 2 amide bonds. The molecule has 1 atom stereocenters. The molecular formula is C39H48ClN5O7. The van der Waals surface area contributed by atoms with E-state index in [0.29, 0.717) is 72.7 Å². The summed E-state index contributed by atoms with van der Waals surface area (Å²) in [5, 5.41) is 8.36. The maximum Gasteiger partial charge on any atom is 0.415 e. The fourth-order valence-corrected chi connectivity index (χ4v) is 6.35. The number of aryl methyl sites for hydroxylation is 1. The number of hydrogen-bond acceptors (Lipinski definition) is 9. The lowest BCUT2D eigenvalue weighted by atomic mass is 10.1. The number of anilines is 1. The second-order valence-electron chi connectivity index (χ2n) is 13.7. The van der Waals surface area contributed by atoms with E-state index in [2.05, 4.69) is 17.0 Å². The van der Waals surface area contributed by atoms with Crippen LogP contribution in [0.1, 0.15) is 93.2 Å². The van der Waals surface area contributed by atoms with E-state index in [1.54, 1.807) is 27.7 Å². The Kier molecular flexibility index (Phi) is 11.9. The van der Waals surface area contributed by atoms with Crippen LogP contribution in [-0.2, 0) is 20.8 Å². The third-order valence-electron chi connectivity index (χ3n) is 8.81. The van der Waals surface area contributed by atoms with Gasteiger partial charge in [0.05, 0.1) is 30.7 Å². The maximum atomic E-state index is 12.7. The smallest absolute Gasteiger partial charge is 0.415 e. The number of fused-ring (bicyclic) bond motifs is 3. The highest BCUT2D eigenvalue weighted by Gasteiger charge is 2.32. The van der Waals surface area contributed by atoms with Gasteiger partial charge in [0.1, 0.15) is 40.7 Å². The van der Waals surface area contributed by atoms with Crippen molar-refractivity contribution in [1.29, 1.82) is 0 Å². The molecule has 4 heterocycles. The van der Waals surface area contributed by atoms with Crippen LogP contribution in [0.25, 0.3) is 17.5 Å². The van der Waals surface area contributed by atoms with Gasteiger partial charge in [-0.05, 0) is 52.7 Å². The Balaban J connectivity index is 0.000000212. The zero-order valence-corrected chi connectivity index (χ0v) is 31.8. The Labute approximate surface area is 310 Å². The standard InChI is InChI=1S/C21H25ClN4O4.C18H23NO3/c1-12-13-11-23-19(22)10-14(13)26(24-12)16-9-18-15(8-17(16)28-5)25(6-7-29-18)20(27)30-21(2,3)4;1-4-8-17(20)22-14(5-2)11-12-19-13(3)15-9-6-7-10-16(15)18(19)21/h8-10,23H,6-7,11H2,1-5H3;6-7,9-10,14H,3-5,8,11-12H2,1-2H3. The lowest BCUT2D eigenvalue weighted by Crippen LogP contribution is -2.41. The normalized spacial score (nSPS) is 15.2. The number of hydrogen-bond donors (Lipinski definition) is 1. The molecule has 0 saturated heterocycles. The second-order valence-corrected chi connectivity index (χ2v) is 14.1. The molecule has 12 nitrogen and oxygen atoms in total. The summed E-state index contributed by atoms with van der Waals surface area (Å²) >= 11 is 6.20. The fourth-order valence-electron chi connectivity index (χ4n) is 6.18. The number of methoxy groups -OCH3 is 1. The summed E-state index contributed by atoms with van der Waals surface area (Å²) in [6, 6.07) is 11.1. The predicted octanol–water partition coefficient (Wildman–Crippen LogP) is 7.59. The van der Waals surface area contributed by atoms with Crippen LogP contribution in [0.3, 0.4) is 0 Å². The molecule has 13 heteroatoms. The quantitative estimate of drug-likeness (QED) is 0.175. The molecule has 3 aliphatic rings. The first-order valence-corrected chi connectivity index (χ1v) is 18.0. The van der Waals surface area contributed by atoms with Gasteiger partial charge in [0.15, 0.2) is 0 Å². The summed E-state index contributed by atoms with van der Waals surface area (Å²) in [6.45, 7) is 17.3. The molecule has 3 aliphatic heterocycles. The van der Waals surface area contributed by atoms with Gasteiger partial charge < -0.3 is 29.2 Å². The second kappa shape index (κ2) is 16.1. The molecule has 0 bridgehead atoms. The Bertz CT molecular complexity index is 1840. The van der Waals surface area contributed by atoms with Crippen molar-refractivity contribution >= 4 is 47.0 Å². The lowest BCUT2D eigenvalue weighted by molar-refractivity contribution is -0.149. The SMILES string of the molecule is C=C1c2ccccc2C(=O)N1CCC(CC)OC(=O)CCC.COc1cc2c(cc1-n1nc(C)c3c1C=C(Cl)NC3)OCCN2C(=O)OC(C)(C)C. The molecule has 0 spiro atoms. The minimum Gasteiger partial charge on any atom is -0.494 e. The highest BCUT2D eigenvalue weighted by atomic mass is 35.5. The number of halogens is 1. The van der Waals surface area contributed by atoms with Crippen molar-refractivity contribution in [3.05, 3.63) is 76.2 Å². The largest absolute Gasteiger partial charge is 0.494 e. The van der Waals surface area contributed by atoms with Crippen LogP contribution >= 0.6 is 11.6 Å². The molecule has 0 saturated carbocycles. The molecule has 3 aromatic rings. The van der Waals surface area contributed by atoms with Crippen molar-refractivity contribution in [1.82, 2.24) is 20.0 Å². The molecule has 1 unspecified atom stereocenters. The summed E-state index contributed by atoms with van der Waals surface area (Å²) in [6.07, 6.45) is 3.87. The van der Waals surface area contributed by atoms with Crippen molar-refractivity contribution < 1.29 is 33.3 Å². The van der Waals surface area contributed by atoms with Crippen LogP contribution in [-0.4, -0.2) is 71.2 Å². The molecule has 1 aromatic heterocycles. The number of nitrogens with zero attached hydrogens (tertiary/aromatic N) is 4. The predicted molar refractivity (Wildman–Crippen MR) is 201 cm³/mol. The first-order chi connectivity index (χ1) is 24.8. The Hall–Kier alpha value is -4.97.